The van der Waals surface area contributed by atoms with Gasteiger partial charge in [0.1, 0.15) is 0 Å². The second-order valence-corrected chi connectivity index (χ2v) is 5.25. The average molecular weight is 281 g/mol. The summed E-state index contributed by atoms with van der Waals surface area (Å²) in [4.78, 5) is 16.9. The summed E-state index contributed by atoms with van der Waals surface area (Å²) in [6.07, 6.45) is 3.78. The quantitative estimate of drug-likeness (QED) is 0.784. The van der Waals surface area contributed by atoms with E-state index in [0.717, 1.165) is 4.88 Å². The summed E-state index contributed by atoms with van der Waals surface area (Å²) < 4.78 is 0. The fraction of sp³-hybridized carbons (Fsp3) is 0. The molecule has 0 aliphatic heterocycles. The van der Waals surface area contributed by atoms with Crippen molar-refractivity contribution in [1.82, 2.24) is 4.98 Å². The van der Waals surface area contributed by atoms with Gasteiger partial charge in [-0.1, -0.05) is 24.3 Å². The van der Waals surface area contributed by atoms with Crippen LogP contribution >= 0.6 is 11.3 Å². The summed E-state index contributed by atoms with van der Waals surface area (Å²) in [5.41, 5.74) is 1.62. The lowest BCUT2D eigenvalue weighted by atomic mass is 10.1. The van der Waals surface area contributed by atoms with E-state index in [1.54, 1.807) is 23.5 Å². The Morgan fingerprint density at radius 2 is 2.00 bits per heavy atom. The predicted octanol–water partition coefficient (Wildman–Crippen LogP) is 4.16. The highest BCUT2D eigenvalue weighted by Gasteiger charge is 2.10. The van der Waals surface area contributed by atoms with Crippen LogP contribution in [0.2, 0.25) is 0 Å². The molecule has 1 N–H and O–H groups in total. The van der Waals surface area contributed by atoms with E-state index < -0.39 is 5.97 Å². The Balaban J connectivity index is 2.10. The first-order valence-electron chi connectivity index (χ1n) is 6.09. The van der Waals surface area contributed by atoms with Gasteiger partial charge in [-0.25, -0.2) is 9.78 Å². The van der Waals surface area contributed by atoms with Crippen molar-refractivity contribution >= 4 is 40.4 Å². The molecule has 98 valence electrons. The summed E-state index contributed by atoms with van der Waals surface area (Å²) in [6.45, 7) is 0. The third-order valence-electron chi connectivity index (χ3n) is 2.93. The minimum atomic E-state index is -0.936. The van der Waals surface area contributed by atoms with Crippen LogP contribution in [0.3, 0.4) is 0 Å². The molecule has 2 heterocycles. The van der Waals surface area contributed by atoms with Gasteiger partial charge >= 0.3 is 5.97 Å². The Morgan fingerprint density at radius 1 is 1.15 bits per heavy atom. The maximum absolute atomic E-state index is 11.4. The standard InChI is InChI=1S/C16H11NO2S/c18-16(19)14-10-11(7-8-12-4-3-9-20-12)17-15-6-2-1-5-13(14)15/h1-10H,(H,18,19). The summed E-state index contributed by atoms with van der Waals surface area (Å²) >= 11 is 1.63. The predicted molar refractivity (Wildman–Crippen MR) is 81.9 cm³/mol. The number of para-hydroxylation sites is 1. The first-order chi connectivity index (χ1) is 9.74. The van der Waals surface area contributed by atoms with Crippen molar-refractivity contribution in [2.45, 2.75) is 0 Å². The zero-order valence-corrected chi connectivity index (χ0v) is 11.3. The van der Waals surface area contributed by atoms with Crippen LogP contribution in [0.5, 0.6) is 0 Å². The third kappa shape index (κ3) is 2.46. The molecule has 20 heavy (non-hydrogen) atoms. The number of benzene rings is 1. The second kappa shape index (κ2) is 5.27. The van der Waals surface area contributed by atoms with Gasteiger partial charge in [-0.2, -0.15) is 0 Å². The van der Waals surface area contributed by atoms with Crippen LogP contribution in [0.4, 0.5) is 0 Å². The molecule has 0 amide bonds. The first kappa shape index (κ1) is 12.6. The van der Waals surface area contributed by atoms with Gasteiger partial charge in [-0.05, 0) is 35.7 Å². The van der Waals surface area contributed by atoms with E-state index in [9.17, 15) is 9.90 Å². The Morgan fingerprint density at radius 3 is 2.75 bits per heavy atom. The number of nitrogens with zero attached hydrogens (tertiary/aromatic N) is 1. The van der Waals surface area contributed by atoms with Gasteiger partial charge in [0.25, 0.3) is 0 Å². The van der Waals surface area contributed by atoms with Crippen LogP contribution in [0.15, 0.2) is 47.8 Å². The number of carboxylic acid groups (broad SMARTS) is 1. The number of carbonyl (C=O) groups is 1. The number of pyridine rings is 1. The molecule has 0 spiro atoms. The minimum Gasteiger partial charge on any atom is -0.478 e. The number of fused-ring (bicyclic) bond motifs is 1. The van der Waals surface area contributed by atoms with Crippen LogP contribution in [0.1, 0.15) is 20.9 Å². The summed E-state index contributed by atoms with van der Waals surface area (Å²) in [5.74, 6) is -0.936. The van der Waals surface area contributed by atoms with Crippen LogP contribution in [0, 0.1) is 0 Å². The van der Waals surface area contributed by atoms with E-state index in [4.69, 9.17) is 0 Å². The van der Waals surface area contributed by atoms with Gasteiger partial charge in [0.05, 0.1) is 16.8 Å². The van der Waals surface area contributed by atoms with Crippen molar-refractivity contribution in [2.24, 2.45) is 0 Å². The third-order valence-corrected chi connectivity index (χ3v) is 3.77. The van der Waals surface area contributed by atoms with Crippen molar-refractivity contribution in [1.29, 1.82) is 0 Å². The van der Waals surface area contributed by atoms with Gasteiger partial charge in [0, 0.05) is 10.3 Å². The number of aromatic carboxylic acids is 1. The Bertz CT molecular complexity index is 791. The van der Waals surface area contributed by atoms with Gasteiger partial charge < -0.3 is 5.11 Å². The second-order valence-electron chi connectivity index (χ2n) is 4.27. The molecule has 3 rings (SSSR count). The molecule has 0 atom stereocenters. The highest BCUT2D eigenvalue weighted by molar-refractivity contribution is 7.10. The van der Waals surface area contributed by atoms with Gasteiger partial charge in [-0.3, -0.25) is 0 Å². The van der Waals surface area contributed by atoms with Crippen LogP contribution in [0.25, 0.3) is 23.1 Å². The molecule has 1 aromatic carbocycles. The largest absolute Gasteiger partial charge is 0.478 e. The van der Waals surface area contributed by atoms with E-state index in [2.05, 4.69) is 4.98 Å². The molecule has 4 heteroatoms. The molecule has 0 aliphatic rings. The van der Waals surface area contributed by atoms with Crippen LogP contribution in [-0.2, 0) is 0 Å². The molecule has 3 nitrogen and oxygen atoms in total. The van der Waals surface area contributed by atoms with E-state index in [-0.39, 0.29) is 5.56 Å². The SMILES string of the molecule is O=C(O)c1cc(C=Cc2cccs2)nc2ccccc12. The molecule has 0 radical (unpaired) electrons. The van der Waals surface area contributed by atoms with Crippen molar-refractivity contribution < 1.29 is 9.90 Å². The highest BCUT2D eigenvalue weighted by Crippen LogP contribution is 2.20. The van der Waals surface area contributed by atoms with Crippen LogP contribution in [-0.4, -0.2) is 16.1 Å². The van der Waals surface area contributed by atoms with Crippen LogP contribution < -0.4 is 0 Å². The molecule has 0 aliphatic carbocycles. The maximum Gasteiger partial charge on any atom is 0.336 e. The van der Waals surface area contributed by atoms with Crippen molar-refractivity contribution in [2.75, 3.05) is 0 Å². The molecule has 0 unspecified atom stereocenters. The van der Waals surface area contributed by atoms with Gasteiger partial charge in [0.15, 0.2) is 0 Å². The number of aromatic nitrogens is 1. The molecule has 0 bridgehead atoms. The van der Waals surface area contributed by atoms with E-state index in [1.165, 1.54) is 0 Å². The lowest BCUT2D eigenvalue weighted by Crippen LogP contribution is -1.99. The molecule has 3 aromatic rings. The highest BCUT2D eigenvalue weighted by atomic mass is 32.1. The molecular weight excluding hydrogens is 270 g/mol. The maximum atomic E-state index is 11.4. The smallest absolute Gasteiger partial charge is 0.336 e. The molecule has 0 fully saturated rings. The minimum absolute atomic E-state index is 0.279. The molecule has 2 aromatic heterocycles. The van der Waals surface area contributed by atoms with Gasteiger partial charge in [0.2, 0.25) is 0 Å². The lowest BCUT2D eigenvalue weighted by Gasteiger charge is -2.03. The van der Waals surface area contributed by atoms with E-state index in [0.29, 0.717) is 16.6 Å². The number of thiophene rings is 1. The number of rotatable bonds is 3. The number of hydrogen-bond acceptors (Lipinski definition) is 3. The average Bonchev–Trinajstić information content (AvgIpc) is 2.97. The summed E-state index contributed by atoms with van der Waals surface area (Å²) in [7, 11) is 0. The summed E-state index contributed by atoms with van der Waals surface area (Å²) in [5, 5.41) is 12.0. The van der Waals surface area contributed by atoms with Crippen molar-refractivity contribution in [3.63, 3.8) is 0 Å². The number of hydrogen-bond donors (Lipinski definition) is 1. The topological polar surface area (TPSA) is 50.2 Å². The Kier molecular flexibility index (Phi) is 3.31. The molecule has 0 saturated heterocycles. The molecule has 0 saturated carbocycles. The monoisotopic (exact) mass is 281 g/mol. The lowest BCUT2D eigenvalue weighted by molar-refractivity contribution is 0.0699. The fourth-order valence-electron chi connectivity index (χ4n) is 2.01. The van der Waals surface area contributed by atoms with Gasteiger partial charge in [-0.15, -0.1) is 11.3 Å². The Labute approximate surface area is 119 Å². The summed E-state index contributed by atoms with van der Waals surface area (Å²) in [6, 6.07) is 12.9. The normalized spacial score (nSPS) is 11.2. The zero-order chi connectivity index (χ0) is 13.9. The first-order valence-corrected chi connectivity index (χ1v) is 6.97. The fourth-order valence-corrected chi connectivity index (χ4v) is 2.63. The molecular formula is C16H11NO2S. The number of carboxylic acids is 1. The van der Waals surface area contributed by atoms with Crippen molar-refractivity contribution in [3.8, 4) is 0 Å². The van der Waals surface area contributed by atoms with Crippen molar-refractivity contribution in [3.05, 3.63) is 64.0 Å². The van der Waals surface area contributed by atoms with E-state index >= 15 is 0 Å². The zero-order valence-electron chi connectivity index (χ0n) is 10.5. The Hall–Kier alpha value is -2.46. The van der Waals surface area contributed by atoms with E-state index in [1.807, 2.05) is 47.9 Å².